The number of hydrogen-bond acceptors (Lipinski definition) is 6. The SMILES string of the molecule is COc1cccc(OCCNC(=O)CCCN(c2ccccc2Sc2ccccc2)S(C)(=O)=O)c1. The number of nitrogens with one attached hydrogen (secondary N) is 1. The Morgan fingerprint density at radius 1 is 0.971 bits per heavy atom. The molecular formula is C26H30N2O5S2. The number of rotatable bonds is 13. The molecule has 0 aliphatic heterocycles. The van der Waals surface area contributed by atoms with Crippen LogP contribution in [-0.2, 0) is 14.8 Å². The molecule has 0 unspecified atom stereocenters. The number of nitrogens with zero attached hydrogens (tertiary/aromatic N) is 1. The highest BCUT2D eigenvalue weighted by Gasteiger charge is 2.20. The quantitative estimate of drug-likeness (QED) is 0.336. The fraction of sp³-hybridized carbons (Fsp3) is 0.269. The molecule has 0 saturated heterocycles. The summed E-state index contributed by atoms with van der Waals surface area (Å²) in [5.74, 6) is 1.21. The highest BCUT2D eigenvalue weighted by Crippen LogP contribution is 2.36. The summed E-state index contributed by atoms with van der Waals surface area (Å²) in [6.45, 7) is 0.875. The largest absolute Gasteiger partial charge is 0.497 e. The number of anilines is 1. The molecular weight excluding hydrogens is 484 g/mol. The third-order valence-corrected chi connectivity index (χ3v) is 7.26. The minimum absolute atomic E-state index is 0.153. The summed E-state index contributed by atoms with van der Waals surface area (Å²) in [6, 6.07) is 24.4. The molecule has 186 valence electrons. The van der Waals surface area contributed by atoms with Crippen molar-refractivity contribution in [3.63, 3.8) is 0 Å². The van der Waals surface area contributed by atoms with Gasteiger partial charge in [0, 0.05) is 28.8 Å². The number of benzene rings is 3. The minimum atomic E-state index is -3.53. The third-order valence-electron chi connectivity index (χ3n) is 5.00. The van der Waals surface area contributed by atoms with E-state index in [2.05, 4.69) is 5.32 Å². The van der Waals surface area contributed by atoms with E-state index in [1.807, 2.05) is 66.7 Å². The number of sulfonamides is 1. The van der Waals surface area contributed by atoms with Gasteiger partial charge in [0.1, 0.15) is 18.1 Å². The van der Waals surface area contributed by atoms with E-state index in [1.54, 1.807) is 19.2 Å². The van der Waals surface area contributed by atoms with Crippen LogP contribution in [0.1, 0.15) is 12.8 Å². The Balaban J connectivity index is 1.52. The van der Waals surface area contributed by atoms with Crippen LogP contribution in [-0.4, -0.2) is 47.4 Å². The van der Waals surface area contributed by atoms with Crippen molar-refractivity contribution < 1.29 is 22.7 Å². The molecule has 0 aliphatic carbocycles. The average molecular weight is 515 g/mol. The lowest BCUT2D eigenvalue weighted by Gasteiger charge is -2.24. The molecule has 0 heterocycles. The first-order chi connectivity index (χ1) is 16.9. The number of carbonyl (C=O) groups is 1. The lowest BCUT2D eigenvalue weighted by Crippen LogP contribution is -2.33. The van der Waals surface area contributed by atoms with Crippen LogP contribution in [0.15, 0.2) is 88.7 Å². The van der Waals surface area contributed by atoms with Gasteiger partial charge in [0.05, 0.1) is 25.6 Å². The molecule has 1 amide bonds. The molecule has 9 heteroatoms. The van der Waals surface area contributed by atoms with Crippen LogP contribution in [0, 0.1) is 0 Å². The Bertz CT molecular complexity index is 1200. The summed E-state index contributed by atoms with van der Waals surface area (Å²) < 4.78 is 37.3. The molecule has 1 N–H and O–H groups in total. The Morgan fingerprint density at radius 3 is 2.43 bits per heavy atom. The van der Waals surface area contributed by atoms with Crippen LogP contribution in [0.2, 0.25) is 0 Å². The van der Waals surface area contributed by atoms with Crippen LogP contribution in [0.25, 0.3) is 0 Å². The maximum absolute atomic E-state index is 12.6. The standard InChI is InChI=1S/C26H30N2O5S2/c1-32-21-10-8-11-22(20-21)33-19-17-27-26(29)16-9-18-28(35(2,30)31)24-14-6-7-15-25(24)34-23-12-4-3-5-13-23/h3-8,10-15,20H,9,16-19H2,1-2H3,(H,27,29). The van der Waals surface area contributed by atoms with E-state index < -0.39 is 10.0 Å². The van der Waals surface area contributed by atoms with Crippen molar-refractivity contribution in [3.05, 3.63) is 78.9 Å². The van der Waals surface area contributed by atoms with Gasteiger partial charge >= 0.3 is 0 Å². The number of carbonyl (C=O) groups excluding carboxylic acids is 1. The lowest BCUT2D eigenvalue weighted by atomic mass is 10.2. The summed E-state index contributed by atoms with van der Waals surface area (Å²) in [5, 5.41) is 2.81. The number of amides is 1. The van der Waals surface area contributed by atoms with Crippen molar-refractivity contribution in [1.29, 1.82) is 0 Å². The van der Waals surface area contributed by atoms with Crippen molar-refractivity contribution in [2.75, 3.05) is 37.4 Å². The van der Waals surface area contributed by atoms with E-state index in [9.17, 15) is 13.2 Å². The monoisotopic (exact) mass is 514 g/mol. The second-order valence-corrected chi connectivity index (χ2v) is 10.7. The molecule has 0 spiro atoms. The summed E-state index contributed by atoms with van der Waals surface area (Å²) in [6.07, 6.45) is 1.78. The van der Waals surface area contributed by atoms with Crippen molar-refractivity contribution in [2.24, 2.45) is 0 Å². The van der Waals surface area contributed by atoms with E-state index >= 15 is 0 Å². The zero-order chi connectivity index (χ0) is 25.1. The third kappa shape index (κ3) is 8.52. The first kappa shape index (κ1) is 26.4. The van der Waals surface area contributed by atoms with Gasteiger partial charge in [0.25, 0.3) is 0 Å². The molecule has 0 aliphatic rings. The summed E-state index contributed by atoms with van der Waals surface area (Å²) in [5.41, 5.74) is 0.607. The minimum Gasteiger partial charge on any atom is -0.497 e. The predicted molar refractivity (Wildman–Crippen MR) is 140 cm³/mol. The topological polar surface area (TPSA) is 84.9 Å². The molecule has 0 fully saturated rings. The number of para-hydroxylation sites is 1. The van der Waals surface area contributed by atoms with Crippen molar-refractivity contribution in [1.82, 2.24) is 5.32 Å². The highest BCUT2D eigenvalue weighted by atomic mass is 32.2. The number of hydrogen-bond donors (Lipinski definition) is 1. The van der Waals surface area contributed by atoms with Crippen molar-refractivity contribution in [2.45, 2.75) is 22.6 Å². The van der Waals surface area contributed by atoms with Crippen LogP contribution < -0.4 is 19.1 Å². The zero-order valence-corrected chi connectivity index (χ0v) is 21.5. The van der Waals surface area contributed by atoms with Crippen LogP contribution >= 0.6 is 11.8 Å². The zero-order valence-electron chi connectivity index (χ0n) is 19.8. The molecule has 0 radical (unpaired) electrons. The van der Waals surface area contributed by atoms with Gasteiger partial charge in [-0.2, -0.15) is 0 Å². The molecule has 0 bridgehead atoms. The molecule has 0 saturated carbocycles. The molecule has 7 nitrogen and oxygen atoms in total. The van der Waals surface area contributed by atoms with Crippen LogP contribution in [0.4, 0.5) is 5.69 Å². The second kappa shape index (κ2) is 13.1. The fourth-order valence-corrected chi connectivity index (χ4v) is 5.36. The highest BCUT2D eigenvalue weighted by molar-refractivity contribution is 7.99. The molecule has 3 aromatic rings. The Hall–Kier alpha value is -3.17. The van der Waals surface area contributed by atoms with Gasteiger partial charge in [0.2, 0.25) is 15.9 Å². The van der Waals surface area contributed by atoms with E-state index in [0.29, 0.717) is 36.8 Å². The second-order valence-electron chi connectivity index (χ2n) is 7.70. The molecule has 3 aromatic carbocycles. The normalized spacial score (nSPS) is 11.0. The van der Waals surface area contributed by atoms with Gasteiger partial charge in [-0.05, 0) is 42.8 Å². The maximum Gasteiger partial charge on any atom is 0.232 e. The van der Waals surface area contributed by atoms with Crippen LogP contribution in [0.5, 0.6) is 11.5 Å². The number of methoxy groups -OCH3 is 1. The van der Waals surface area contributed by atoms with E-state index in [-0.39, 0.29) is 18.9 Å². The predicted octanol–water partition coefficient (Wildman–Crippen LogP) is 4.59. The van der Waals surface area contributed by atoms with E-state index in [4.69, 9.17) is 9.47 Å². The van der Waals surface area contributed by atoms with Gasteiger partial charge in [-0.15, -0.1) is 0 Å². The lowest BCUT2D eigenvalue weighted by molar-refractivity contribution is -0.121. The molecule has 0 aromatic heterocycles. The Kier molecular flexibility index (Phi) is 9.86. The first-order valence-corrected chi connectivity index (χ1v) is 13.9. The van der Waals surface area contributed by atoms with Gasteiger partial charge in [0.15, 0.2) is 0 Å². The summed E-state index contributed by atoms with van der Waals surface area (Å²) in [4.78, 5) is 14.1. The summed E-state index contributed by atoms with van der Waals surface area (Å²) in [7, 11) is -1.94. The van der Waals surface area contributed by atoms with Crippen molar-refractivity contribution >= 4 is 33.4 Å². The fourth-order valence-electron chi connectivity index (χ4n) is 3.35. The first-order valence-electron chi connectivity index (χ1n) is 11.2. The molecule has 35 heavy (non-hydrogen) atoms. The summed E-state index contributed by atoms with van der Waals surface area (Å²) >= 11 is 1.51. The molecule has 0 atom stereocenters. The van der Waals surface area contributed by atoms with Gasteiger partial charge in [-0.1, -0.05) is 48.2 Å². The molecule has 3 rings (SSSR count). The van der Waals surface area contributed by atoms with Crippen LogP contribution in [0.3, 0.4) is 0 Å². The van der Waals surface area contributed by atoms with Crippen molar-refractivity contribution in [3.8, 4) is 11.5 Å². The average Bonchev–Trinajstić information content (AvgIpc) is 2.85. The van der Waals surface area contributed by atoms with Gasteiger partial charge < -0.3 is 14.8 Å². The van der Waals surface area contributed by atoms with Gasteiger partial charge in [-0.25, -0.2) is 8.42 Å². The number of ether oxygens (including phenoxy) is 2. The van der Waals surface area contributed by atoms with E-state index in [1.165, 1.54) is 22.3 Å². The smallest absolute Gasteiger partial charge is 0.232 e. The Labute approximate surface area is 211 Å². The Morgan fingerprint density at radius 2 is 1.69 bits per heavy atom. The van der Waals surface area contributed by atoms with E-state index in [0.717, 1.165) is 9.79 Å². The maximum atomic E-state index is 12.6. The van der Waals surface area contributed by atoms with Gasteiger partial charge in [-0.3, -0.25) is 9.10 Å².